The molecule has 7 rings (SSSR count). The summed E-state index contributed by atoms with van der Waals surface area (Å²) < 4.78 is 59.7. The molecule has 0 spiro atoms. The smallest absolute Gasteiger partial charge is 0.197 e. The standard InChI is InChI=1S/C32H16F4N2O2/c33-17-1-7-21(8-2-17)37-27-11-5-19(35)13-23(27)31(39)25-15-26-30(16-29(25)37)38(22-9-3-18(34)4-10-22)28-12-6-20(36)14-24(28)32(26)40/h1-16H. The van der Waals surface area contributed by atoms with Crippen molar-refractivity contribution in [3.8, 4) is 11.4 Å². The Bertz CT molecular complexity index is 2130. The van der Waals surface area contributed by atoms with Crippen LogP contribution in [0.2, 0.25) is 0 Å². The predicted molar refractivity (Wildman–Crippen MR) is 147 cm³/mol. The van der Waals surface area contributed by atoms with Crippen molar-refractivity contribution in [3.05, 3.63) is 141 Å². The van der Waals surface area contributed by atoms with Crippen molar-refractivity contribution in [2.75, 3.05) is 0 Å². The number of aromatic nitrogens is 2. The number of nitrogens with zero attached hydrogens (tertiary/aromatic N) is 2. The Labute approximate surface area is 222 Å². The third-order valence-electron chi connectivity index (χ3n) is 7.14. The van der Waals surface area contributed by atoms with E-state index in [4.69, 9.17) is 0 Å². The molecular weight excluding hydrogens is 520 g/mol. The number of halogens is 4. The molecule has 0 bridgehead atoms. The van der Waals surface area contributed by atoms with Crippen LogP contribution in [0.3, 0.4) is 0 Å². The van der Waals surface area contributed by atoms with Gasteiger partial charge in [0.1, 0.15) is 23.3 Å². The highest BCUT2D eigenvalue weighted by Gasteiger charge is 2.19. The largest absolute Gasteiger partial charge is 0.309 e. The third kappa shape index (κ3) is 3.53. The summed E-state index contributed by atoms with van der Waals surface area (Å²) in [5, 5.41) is 0.380. The van der Waals surface area contributed by atoms with E-state index in [2.05, 4.69) is 0 Å². The molecule has 0 aliphatic carbocycles. The molecule has 0 aliphatic heterocycles. The lowest BCUT2D eigenvalue weighted by atomic mass is 10.0. The van der Waals surface area contributed by atoms with E-state index in [9.17, 15) is 27.2 Å². The van der Waals surface area contributed by atoms with E-state index in [1.54, 1.807) is 15.2 Å². The Morgan fingerprint density at radius 2 is 0.725 bits per heavy atom. The van der Waals surface area contributed by atoms with Gasteiger partial charge in [0.2, 0.25) is 0 Å². The number of fused-ring (bicyclic) bond motifs is 4. The minimum atomic E-state index is -0.615. The van der Waals surface area contributed by atoms with Crippen LogP contribution in [0.25, 0.3) is 55.0 Å². The van der Waals surface area contributed by atoms with Crippen LogP contribution in [-0.2, 0) is 0 Å². The van der Waals surface area contributed by atoms with Crippen molar-refractivity contribution in [1.29, 1.82) is 0 Å². The molecule has 2 heterocycles. The van der Waals surface area contributed by atoms with Crippen LogP contribution in [-0.4, -0.2) is 9.13 Å². The molecule has 8 heteroatoms. The molecule has 0 saturated heterocycles. The zero-order chi connectivity index (χ0) is 27.7. The predicted octanol–water partition coefficient (Wildman–Crippen LogP) is 7.16. The summed E-state index contributed by atoms with van der Waals surface area (Å²) in [6.45, 7) is 0. The lowest BCUT2D eigenvalue weighted by molar-refractivity contribution is 0.627. The Hall–Kier alpha value is -5.24. The van der Waals surface area contributed by atoms with Crippen LogP contribution in [0.4, 0.5) is 17.6 Å². The fraction of sp³-hybridized carbons (Fsp3) is 0. The minimum Gasteiger partial charge on any atom is -0.309 e. The van der Waals surface area contributed by atoms with Crippen molar-refractivity contribution in [1.82, 2.24) is 9.13 Å². The molecule has 0 radical (unpaired) electrons. The maximum Gasteiger partial charge on any atom is 0.197 e. The summed E-state index contributed by atoms with van der Waals surface area (Å²) in [6, 6.07) is 21.9. The van der Waals surface area contributed by atoms with Gasteiger partial charge in [-0.3, -0.25) is 9.59 Å². The summed E-state index contributed by atoms with van der Waals surface area (Å²) >= 11 is 0. The van der Waals surface area contributed by atoms with Gasteiger partial charge in [0.15, 0.2) is 10.9 Å². The van der Waals surface area contributed by atoms with E-state index >= 15 is 0 Å². The second-order valence-corrected chi connectivity index (χ2v) is 9.49. The number of rotatable bonds is 2. The highest BCUT2D eigenvalue weighted by atomic mass is 19.1. The normalized spacial score (nSPS) is 11.7. The van der Waals surface area contributed by atoms with E-state index in [1.165, 1.54) is 78.9 Å². The summed E-state index contributed by atoms with van der Waals surface area (Å²) in [7, 11) is 0. The van der Waals surface area contributed by atoms with E-state index in [-0.39, 0.29) is 21.5 Å². The minimum absolute atomic E-state index is 0.0712. The fourth-order valence-corrected chi connectivity index (χ4v) is 5.37. The second-order valence-electron chi connectivity index (χ2n) is 9.49. The van der Waals surface area contributed by atoms with Gasteiger partial charge in [0, 0.05) is 32.9 Å². The van der Waals surface area contributed by atoms with Crippen molar-refractivity contribution in [3.63, 3.8) is 0 Å². The lowest BCUT2D eigenvalue weighted by Crippen LogP contribution is -2.15. The Morgan fingerprint density at radius 1 is 0.375 bits per heavy atom. The van der Waals surface area contributed by atoms with Gasteiger partial charge in [-0.05, 0) is 97.1 Å². The third-order valence-corrected chi connectivity index (χ3v) is 7.14. The van der Waals surface area contributed by atoms with Crippen LogP contribution >= 0.6 is 0 Å². The summed E-state index contributed by atoms with van der Waals surface area (Å²) in [5.74, 6) is -2.15. The van der Waals surface area contributed by atoms with Crippen LogP contribution in [0.1, 0.15) is 0 Å². The molecule has 2 aromatic heterocycles. The molecule has 5 aromatic carbocycles. The number of pyridine rings is 2. The first-order valence-electron chi connectivity index (χ1n) is 12.3. The molecule has 4 nitrogen and oxygen atoms in total. The molecule has 0 N–H and O–H groups in total. The van der Waals surface area contributed by atoms with Crippen molar-refractivity contribution >= 4 is 43.6 Å². The average Bonchev–Trinajstić information content (AvgIpc) is 2.95. The van der Waals surface area contributed by atoms with Gasteiger partial charge in [0.25, 0.3) is 0 Å². The Morgan fingerprint density at radius 3 is 1.12 bits per heavy atom. The van der Waals surface area contributed by atoms with E-state index < -0.39 is 34.1 Å². The lowest BCUT2D eigenvalue weighted by Gasteiger charge is -2.19. The Kier molecular flexibility index (Phi) is 5.15. The number of hydrogen-bond acceptors (Lipinski definition) is 2. The molecule has 0 saturated carbocycles. The quantitative estimate of drug-likeness (QED) is 0.174. The molecule has 0 atom stereocenters. The van der Waals surface area contributed by atoms with Gasteiger partial charge < -0.3 is 9.13 Å². The van der Waals surface area contributed by atoms with Gasteiger partial charge in [0.05, 0.1) is 22.1 Å². The number of hydrogen-bond donors (Lipinski definition) is 0. The first-order chi connectivity index (χ1) is 19.3. The highest BCUT2D eigenvalue weighted by molar-refractivity contribution is 6.05. The average molecular weight is 536 g/mol. The second kappa shape index (κ2) is 8.64. The molecular formula is C32H16F4N2O2. The van der Waals surface area contributed by atoms with Crippen LogP contribution in [0, 0.1) is 23.3 Å². The van der Waals surface area contributed by atoms with Gasteiger partial charge in [-0.15, -0.1) is 0 Å². The molecule has 0 amide bonds. The first kappa shape index (κ1) is 23.8. The van der Waals surface area contributed by atoms with Crippen LogP contribution < -0.4 is 10.9 Å². The summed E-state index contributed by atoms with van der Waals surface area (Å²) in [4.78, 5) is 27.4. The van der Waals surface area contributed by atoms with Gasteiger partial charge in [-0.2, -0.15) is 0 Å². The van der Waals surface area contributed by atoms with Crippen LogP contribution in [0.5, 0.6) is 0 Å². The highest BCUT2D eigenvalue weighted by Crippen LogP contribution is 2.31. The Balaban J connectivity index is 1.75. The zero-order valence-electron chi connectivity index (χ0n) is 20.5. The molecule has 194 valence electrons. The van der Waals surface area contributed by atoms with Crippen molar-refractivity contribution in [2.45, 2.75) is 0 Å². The molecule has 7 aromatic rings. The maximum absolute atomic E-state index is 14.3. The topological polar surface area (TPSA) is 44.0 Å². The van der Waals surface area contributed by atoms with Crippen molar-refractivity contribution in [2.24, 2.45) is 0 Å². The number of benzene rings is 5. The molecule has 0 unspecified atom stereocenters. The fourth-order valence-electron chi connectivity index (χ4n) is 5.37. The van der Waals surface area contributed by atoms with Crippen LogP contribution in [0.15, 0.2) is 107 Å². The zero-order valence-corrected chi connectivity index (χ0v) is 20.5. The SMILES string of the molecule is O=c1c2cc(F)ccc2n(-c2ccc(F)cc2)c2cc3c(cc12)c(=O)c1cc(F)ccc1n3-c1ccc(F)cc1. The van der Waals surface area contributed by atoms with Gasteiger partial charge in [-0.1, -0.05) is 0 Å². The molecule has 0 aliphatic rings. The van der Waals surface area contributed by atoms with E-state index in [0.717, 1.165) is 12.1 Å². The summed E-state index contributed by atoms with van der Waals surface area (Å²) in [5.41, 5.74) is 1.50. The van der Waals surface area contributed by atoms with Gasteiger partial charge >= 0.3 is 0 Å². The van der Waals surface area contributed by atoms with E-state index in [0.29, 0.717) is 33.4 Å². The van der Waals surface area contributed by atoms with E-state index in [1.807, 2.05) is 0 Å². The summed E-state index contributed by atoms with van der Waals surface area (Å²) in [6.07, 6.45) is 0. The molecule has 0 fully saturated rings. The van der Waals surface area contributed by atoms with Crippen molar-refractivity contribution < 1.29 is 17.6 Å². The molecule has 40 heavy (non-hydrogen) atoms. The maximum atomic E-state index is 14.3. The first-order valence-corrected chi connectivity index (χ1v) is 12.3. The monoisotopic (exact) mass is 536 g/mol. The van der Waals surface area contributed by atoms with Gasteiger partial charge in [-0.25, -0.2) is 17.6 Å².